The Balaban J connectivity index is 1.46. The second-order valence-electron chi connectivity index (χ2n) is 9.10. The standard InChI is InChI=1S/C26H31N5O/c1-30-18-21(17-29-30)23-15-20(11-13-28-23)26(32)31-22(14-19-8-4-2-5-9-19)16-24-25(31)10-6-3-7-12-27-24/h2,4-5,8-9,11,13,15,17-18,22,24-25,27H,3,6-7,10,12,14,16H2,1H3/t22-,24+,25-/m0/s1. The van der Waals surface area contributed by atoms with Crippen molar-refractivity contribution >= 4 is 5.91 Å². The number of aromatic nitrogens is 3. The maximum absolute atomic E-state index is 13.9. The van der Waals surface area contributed by atoms with E-state index < -0.39 is 0 Å². The van der Waals surface area contributed by atoms with Crippen molar-refractivity contribution in [2.24, 2.45) is 7.05 Å². The van der Waals surface area contributed by atoms with E-state index in [2.05, 4.69) is 44.6 Å². The minimum absolute atomic E-state index is 0.119. The van der Waals surface area contributed by atoms with Gasteiger partial charge in [-0.25, -0.2) is 0 Å². The van der Waals surface area contributed by atoms with E-state index in [1.165, 1.54) is 24.8 Å². The number of rotatable bonds is 4. The number of nitrogens with zero attached hydrogens (tertiary/aromatic N) is 4. The molecule has 0 unspecified atom stereocenters. The van der Waals surface area contributed by atoms with Crippen molar-refractivity contribution < 1.29 is 4.79 Å². The summed E-state index contributed by atoms with van der Waals surface area (Å²) in [6.07, 6.45) is 12.1. The number of carbonyl (C=O) groups excluding carboxylic acids is 1. The number of aryl methyl sites for hydroxylation is 1. The first-order chi connectivity index (χ1) is 15.7. The highest BCUT2D eigenvalue weighted by atomic mass is 16.2. The van der Waals surface area contributed by atoms with E-state index in [-0.39, 0.29) is 18.0 Å². The molecule has 2 saturated heterocycles. The van der Waals surface area contributed by atoms with Crippen molar-refractivity contribution in [2.45, 2.75) is 56.7 Å². The summed E-state index contributed by atoms with van der Waals surface area (Å²) < 4.78 is 1.76. The lowest BCUT2D eigenvalue weighted by Gasteiger charge is -2.33. The van der Waals surface area contributed by atoms with Crippen LogP contribution in [0.4, 0.5) is 0 Å². The fourth-order valence-corrected chi connectivity index (χ4v) is 5.34. The SMILES string of the molecule is Cn1cc(-c2cc(C(=O)N3[C@@H](Cc4ccccc4)C[C@H]4NCCCCC[C@@H]43)ccn2)cn1. The summed E-state index contributed by atoms with van der Waals surface area (Å²) in [5, 5.41) is 8.01. The Morgan fingerprint density at radius 1 is 1.16 bits per heavy atom. The maximum Gasteiger partial charge on any atom is 0.254 e. The fraction of sp³-hybridized carbons (Fsp3) is 0.423. The Morgan fingerprint density at radius 3 is 2.84 bits per heavy atom. The summed E-state index contributed by atoms with van der Waals surface area (Å²) >= 11 is 0. The van der Waals surface area contributed by atoms with Gasteiger partial charge >= 0.3 is 0 Å². The molecular weight excluding hydrogens is 398 g/mol. The van der Waals surface area contributed by atoms with Gasteiger partial charge in [0.15, 0.2) is 0 Å². The lowest BCUT2D eigenvalue weighted by atomic mass is 9.98. The van der Waals surface area contributed by atoms with Gasteiger partial charge in [0.2, 0.25) is 0 Å². The van der Waals surface area contributed by atoms with Crippen molar-refractivity contribution in [3.05, 3.63) is 72.2 Å². The lowest BCUT2D eigenvalue weighted by molar-refractivity contribution is 0.0642. The molecule has 2 fully saturated rings. The molecule has 1 amide bonds. The van der Waals surface area contributed by atoms with Gasteiger partial charge < -0.3 is 10.2 Å². The molecule has 1 aromatic carbocycles. The van der Waals surface area contributed by atoms with Gasteiger partial charge in [0, 0.05) is 48.7 Å². The third-order valence-corrected chi connectivity index (χ3v) is 6.88. The molecule has 2 aliphatic heterocycles. The molecule has 6 heteroatoms. The molecule has 0 radical (unpaired) electrons. The number of benzene rings is 1. The topological polar surface area (TPSA) is 63.1 Å². The fourth-order valence-electron chi connectivity index (χ4n) is 5.34. The monoisotopic (exact) mass is 429 g/mol. The smallest absolute Gasteiger partial charge is 0.254 e. The highest BCUT2D eigenvalue weighted by Gasteiger charge is 2.43. The van der Waals surface area contributed by atoms with Gasteiger partial charge in [0.05, 0.1) is 11.9 Å². The first-order valence-corrected chi connectivity index (χ1v) is 11.7. The highest BCUT2D eigenvalue weighted by molar-refractivity contribution is 5.95. The van der Waals surface area contributed by atoms with E-state index in [0.717, 1.165) is 37.1 Å². The highest BCUT2D eigenvalue weighted by Crippen LogP contribution is 2.33. The molecule has 32 heavy (non-hydrogen) atoms. The van der Waals surface area contributed by atoms with Crippen LogP contribution in [-0.2, 0) is 13.5 Å². The van der Waals surface area contributed by atoms with Crippen molar-refractivity contribution in [3.8, 4) is 11.3 Å². The minimum atomic E-state index is 0.119. The summed E-state index contributed by atoms with van der Waals surface area (Å²) in [4.78, 5) is 20.6. The molecule has 2 aliphatic rings. The zero-order valence-corrected chi connectivity index (χ0v) is 18.7. The molecule has 0 bridgehead atoms. The predicted octanol–water partition coefficient (Wildman–Crippen LogP) is 3.84. The number of nitrogens with one attached hydrogen (secondary N) is 1. The predicted molar refractivity (Wildman–Crippen MR) is 125 cm³/mol. The molecule has 0 saturated carbocycles. The maximum atomic E-state index is 13.9. The van der Waals surface area contributed by atoms with Crippen molar-refractivity contribution in [2.75, 3.05) is 6.54 Å². The van der Waals surface area contributed by atoms with Gasteiger partial charge in [-0.3, -0.25) is 14.5 Å². The average Bonchev–Trinajstić information content (AvgIpc) is 3.37. The molecule has 5 rings (SSSR count). The number of amides is 1. The van der Waals surface area contributed by atoms with Gasteiger partial charge in [-0.2, -0.15) is 5.10 Å². The third kappa shape index (κ3) is 4.32. The van der Waals surface area contributed by atoms with Crippen molar-refractivity contribution in [3.63, 3.8) is 0 Å². The molecule has 3 aromatic rings. The number of hydrogen-bond acceptors (Lipinski definition) is 4. The number of likely N-dealkylation sites (tertiary alicyclic amines) is 1. The summed E-state index contributed by atoms with van der Waals surface area (Å²) in [7, 11) is 1.89. The van der Waals surface area contributed by atoms with Crippen LogP contribution < -0.4 is 5.32 Å². The number of hydrogen-bond donors (Lipinski definition) is 1. The van der Waals surface area contributed by atoms with E-state index in [9.17, 15) is 4.79 Å². The number of fused-ring (bicyclic) bond motifs is 1. The van der Waals surface area contributed by atoms with Crippen LogP contribution in [0.15, 0.2) is 61.1 Å². The summed E-state index contributed by atoms with van der Waals surface area (Å²) in [5.41, 5.74) is 3.71. The van der Waals surface area contributed by atoms with Crippen LogP contribution in [-0.4, -0.2) is 50.2 Å². The summed E-state index contributed by atoms with van der Waals surface area (Å²) in [6.45, 7) is 1.04. The lowest BCUT2D eigenvalue weighted by Crippen LogP contribution is -2.47. The third-order valence-electron chi connectivity index (χ3n) is 6.88. The Kier molecular flexibility index (Phi) is 6.04. The van der Waals surface area contributed by atoms with Crippen LogP contribution in [0.5, 0.6) is 0 Å². The van der Waals surface area contributed by atoms with Crippen LogP contribution in [0.25, 0.3) is 11.3 Å². The van der Waals surface area contributed by atoms with Crippen LogP contribution in [0.1, 0.15) is 48.0 Å². The van der Waals surface area contributed by atoms with Crippen LogP contribution in [0, 0.1) is 0 Å². The normalized spacial score (nSPS) is 23.4. The van der Waals surface area contributed by atoms with Crippen LogP contribution >= 0.6 is 0 Å². The molecule has 6 nitrogen and oxygen atoms in total. The van der Waals surface area contributed by atoms with Gasteiger partial charge in [0.25, 0.3) is 5.91 Å². The first kappa shape index (κ1) is 20.9. The molecule has 0 spiro atoms. The van der Waals surface area contributed by atoms with Crippen LogP contribution in [0.2, 0.25) is 0 Å². The first-order valence-electron chi connectivity index (χ1n) is 11.7. The zero-order valence-electron chi connectivity index (χ0n) is 18.7. The quantitative estimate of drug-likeness (QED) is 0.685. The molecule has 1 N–H and O–H groups in total. The molecule has 3 atom stereocenters. The van der Waals surface area contributed by atoms with Gasteiger partial charge in [-0.1, -0.05) is 43.2 Å². The second-order valence-corrected chi connectivity index (χ2v) is 9.10. The minimum Gasteiger partial charge on any atom is -0.331 e. The Labute approximate surface area is 189 Å². The van der Waals surface area contributed by atoms with Gasteiger partial charge in [-0.15, -0.1) is 0 Å². The molecule has 0 aliphatic carbocycles. The van der Waals surface area contributed by atoms with E-state index >= 15 is 0 Å². The Hall–Kier alpha value is -2.99. The summed E-state index contributed by atoms with van der Waals surface area (Å²) in [5.74, 6) is 0.119. The van der Waals surface area contributed by atoms with Crippen molar-refractivity contribution in [1.29, 1.82) is 0 Å². The van der Waals surface area contributed by atoms with E-state index in [4.69, 9.17) is 0 Å². The van der Waals surface area contributed by atoms with Gasteiger partial charge in [-0.05, 0) is 49.9 Å². The summed E-state index contributed by atoms with van der Waals surface area (Å²) in [6, 6.07) is 15.1. The zero-order chi connectivity index (χ0) is 21.9. The van der Waals surface area contributed by atoms with E-state index in [1.54, 1.807) is 17.1 Å². The molecule has 4 heterocycles. The van der Waals surface area contributed by atoms with E-state index in [1.807, 2.05) is 31.4 Å². The number of pyridine rings is 1. The average molecular weight is 430 g/mol. The Morgan fingerprint density at radius 2 is 2.03 bits per heavy atom. The molecular formula is C26H31N5O. The number of carbonyl (C=O) groups is 1. The molecule has 2 aromatic heterocycles. The molecule has 166 valence electrons. The largest absolute Gasteiger partial charge is 0.331 e. The van der Waals surface area contributed by atoms with Crippen LogP contribution in [0.3, 0.4) is 0 Å². The van der Waals surface area contributed by atoms with Crippen molar-refractivity contribution in [1.82, 2.24) is 25.0 Å². The Bertz CT molecular complexity index is 1060. The van der Waals surface area contributed by atoms with E-state index in [0.29, 0.717) is 11.6 Å². The second kappa shape index (κ2) is 9.25. The van der Waals surface area contributed by atoms with Gasteiger partial charge in [0.1, 0.15) is 0 Å².